The summed E-state index contributed by atoms with van der Waals surface area (Å²) < 4.78 is 25.1. The Morgan fingerprint density at radius 3 is 2.83 bits per heavy atom. The SMILES string of the molecule is CC(C)(C)OC(=O)N1CCC(c2cccc(OCc3ccc(C#N)cc3F)n2)C1. The number of aromatic nitrogens is 1. The Labute approximate surface area is 169 Å². The minimum absolute atomic E-state index is 0.0166. The largest absolute Gasteiger partial charge is 0.473 e. The fraction of sp³-hybridized carbons (Fsp3) is 0.409. The number of nitrogens with zero attached hydrogens (tertiary/aromatic N) is 3. The van der Waals surface area contributed by atoms with E-state index in [2.05, 4.69) is 4.98 Å². The molecule has 0 spiro atoms. The predicted octanol–water partition coefficient (Wildman–Crippen LogP) is 4.40. The number of hydrogen-bond donors (Lipinski definition) is 0. The molecule has 0 aliphatic carbocycles. The van der Waals surface area contributed by atoms with Gasteiger partial charge in [-0.1, -0.05) is 12.1 Å². The van der Waals surface area contributed by atoms with Gasteiger partial charge in [0.15, 0.2) is 0 Å². The maximum Gasteiger partial charge on any atom is 0.410 e. The summed E-state index contributed by atoms with van der Waals surface area (Å²) in [7, 11) is 0. The zero-order valence-electron chi connectivity index (χ0n) is 16.8. The molecule has 3 rings (SSSR count). The fourth-order valence-electron chi connectivity index (χ4n) is 3.12. The summed E-state index contributed by atoms with van der Waals surface area (Å²) in [6, 6.07) is 11.6. The van der Waals surface area contributed by atoms with Gasteiger partial charge >= 0.3 is 6.09 Å². The van der Waals surface area contributed by atoms with Gasteiger partial charge in [0.05, 0.1) is 11.6 Å². The van der Waals surface area contributed by atoms with Crippen molar-refractivity contribution in [3.05, 3.63) is 59.0 Å². The first kappa shape index (κ1) is 20.6. The summed E-state index contributed by atoms with van der Waals surface area (Å²) in [5.74, 6) is 0.00342. The molecule has 1 amide bonds. The fourth-order valence-corrected chi connectivity index (χ4v) is 3.12. The van der Waals surface area contributed by atoms with Gasteiger partial charge in [-0.15, -0.1) is 0 Å². The number of carbonyl (C=O) groups is 1. The highest BCUT2D eigenvalue weighted by molar-refractivity contribution is 5.68. The minimum atomic E-state index is -0.526. The summed E-state index contributed by atoms with van der Waals surface area (Å²) in [5.41, 5.74) is 0.922. The second kappa shape index (κ2) is 8.48. The molecule has 29 heavy (non-hydrogen) atoms. The van der Waals surface area contributed by atoms with E-state index in [-0.39, 0.29) is 24.2 Å². The molecule has 2 aromatic rings. The third-order valence-corrected chi connectivity index (χ3v) is 4.56. The third kappa shape index (κ3) is 5.44. The molecule has 1 atom stereocenters. The van der Waals surface area contributed by atoms with Gasteiger partial charge in [0, 0.05) is 36.3 Å². The van der Waals surface area contributed by atoms with Gasteiger partial charge in [-0.3, -0.25) is 0 Å². The van der Waals surface area contributed by atoms with Gasteiger partial charge in [0.1, 0.15) is 18.0 Å². The number of pyridine rings is 1. The molecule has 1 aromatic carbocycles. The van der Waals surface area contributed by atoms with Crippen molar-refractivity contribution in [1.82, 2.24) is 9.88 Å². The quantitative estimate of drug-likeness (QED) is 0.765. The Bertz CT molecular complexity index is 934. The lowest BCUT2D eigenvalue weighted by Gasteiger charge is -2.24. The van der Waals surface area contributed by atoms with E-state index in [9.17, 15) is 9.18 Å². The van der Waals surface area contributed by atoms with Crippen LogP contribution in [0.4, 0.5) is 9.18 Å². The summed E-state index contributed by atoms with van der Waals surface area (Å²) >= 11 is 0. The molecule has 152 valence electrons. The minimum Gasteiger partial charge on any atom is -0.473 e. The van der Waals surface area contributed by atoms with E-state index in [1.165, 1.54) is 12.1 Å². The first-order valence-corrected chi connectivity index (χ1v) is 9.51. The van der Waals surface area contributed by atoms with Crippen LogP contribution < -0.4 is 4.74 Å². The van der Waals surface area contributed by atoms with E-state index in [0.29, 0.717) is 24.5 Å². The number of likely N-dealkylation sites (tertiary alicyclic amines) is 1. The zero-order valence-corrected chi connectivity index (χ0v) is 16.8. The van der Waals surface area contributed by atoms with Crippen molar-refractivity contribution in [2.24, 2.45) is 0 Å². The van der Waals surface area contributed by atoms with Gasteiger partial charge in [0.2, 0.25) is 5.88 Å². The van der Waals surface area contributed by atoms with Crippen LogP contribution in [0, 0.1) is 17.1 Å². The monoisotopic (exact) mass is 397 g/mol. The Kier molecular flexibility index (Phi) is 6.02. The van der Waals surface area contributed by atoms with Crippen LogP contribution in [0.15, 0.2) is 36.4 Å². The number of halogens is 1. The Morgan fingerprint density at radius 1 is 1.34 bits per heavy atom. The smallest absolute Gasteiger partial charge is 0.410 e. The van der Waals surface area contributed by atoms with Crippen LogP contribution >= 0.6 is 0 Å². The van der Waals surface area contributed by atoms with E-state index in [4.69, 9.17) is 14.7 Å². The standard InChI is InChI=1S/C22H24FN3O3/c1-22(2,3)29-21(27)26-10-9-16(13-26)19-5-4-6-20(25-19)28-14-17-8-7-15(12-24)11-18(17)23/h4-8,11,16H,9-10,13-14H2,1-3H3. The zero-order chi connectivity index (χ0) is 21.0. The van der Waals surface area contributed by atoms with Crippen LogP contribution in [0.25, 0.3) is 0 Å². The topological polar surface area (TPSA) is 75.4 Å². The number of hydrogen-bond acceptors (Lipinski definition) is 5. The maximum absolute atomic E-state index is 14.0. The lowest BCUT2D eigenvalue weighted by Crippen LogP contribution is -2.35. The first-order chi connectivity index (χ1) is 13.7. The van der Waals surface area contributed by atoms with E-state index in [1.807, 2.05) is 39.0 Å². The van der Waals surface area contributed by atoms with Crippen molar-refractivity contribution in [2.45, 2.75) is 45.3 Å². The Balaban J connectivity index is 1.62. The summed E-state index contributed by atoms with van der Waals surface area (Å²) in [6.45, 7) is 6.70. The second-order valence-corrected chi connectivity index (χ2v) is 8.02. The van der Waals surface area contributed by atoms with Gasteiger partial charge < -0.3 is 14.4 Å². The summed E-state index contributed by atoms with van der Waals surface area (Å²) in [5, 5.41) is 8.81. The average Bonchev–Trinajstić information content (AvgIpc) is 3.16. The van der Waals surface area contributed by atoms with E-state index < -0.39 is 11.4 Å². The summed E-state index contributed by atoms with van der Waals surface area (Å²) in [6.07, 6.45) is 0.476. The first-order valence-electron chi connectivity index (χ1n) is 9.51. The molecule has 0 radical (unpaired) electrons. The molecule has 0 saturated carbocycles. The number of benzene rings is 1. The number of ether oxygens (including phenoxy) is 2. The molecule has 1 fully saturated rings. The summed E-state index contributed by atoms with van der Waals surface area (Å²) in [4.78, 5) is 18.5. The molecule has 1 aliphatic heterocycles. The molecule has 1 saturated heterocycles. The van der Waals surface area contributed by atoms with Crippen LogP contribution in [-0.2, 0) is 11.3 Å². The van der Waals surface area contributed by atoms with Crippen LogP contribution in [0.1, 0.15) is 49.9 Å². The molecule has 2 heterocycles. The van der Waals surface area contributed by atoms with Crippen molar-refractivity contribution in [2.75, 3.05) is 13.1 Å². The Hall–Kier alpha value is -3.14. The normalized spacial score (nSPS) is 16.4. The van der Waals surface area contributed by atoms with Crippen molar-refractivity contribution >= 4 is 6.09 Å². The number of nitriles is 1. The molecule has 1 aliphatic rings. The van der Waals surface area contributed by atoms with Crippen molar-refractivity contribution in [1.29, 1.82) is 5.26 Å². The highest BCUT2D eigenvalue weighted by Gasteiger charge is 2.31. The maximum atomic E-state index is 14.0. The highest BCUT2D eigenvalue weighted by Crippen LogP contribution is 2.28. The number of carbonyl (C=O) groups excluding carboxylic acids is 1. The Morgan fingerprint density at radius 2 is 2.14 bits per heavy atom. The van der Waals surface area contributed by atoms with E-state index in [0.717, 1.165) is 12.1 Å². The van der Waals surface area contributed by atoms with Gasteiger partial charge in [-0.2, -0.15) is 5.26 Å². The van der Waals surface area contributed by atoms with Crippen LogP contribution in [0.2, 0.25) is 0 Å². The van der Waals surface area contributed by atoms with Crippen molar-refractivity contribution < 1.29 is 18.7 Å². The van der Waals surface area contributed by atoms with Gasteiger partial charge in [-0.25, -0.2) is 14.2 Å². The van der Waals surface area contributed by atoms with Crippen molar-refractivity contribution in [3.63, 3.8) is 0 Å². The lowest BCUT2D eigenvalue weighted by molar-refractivity contribution is 0.0292. The molecular weight excluding hydrogens is 373 g/mol. The average molecular weight is 397 g/mol. The molecule has 7 heteroatoms. The van der Waals surface area contributed by atoms with Crippen LogP contribution in [0.3, 0.4) is 0 Å². The van der Waals surface area contributed by atoms with E-state index >= 15 is 0 Å². The van der Waals surface area contributed by atoms with E-state index in [1.54, 1.807) is 17.0 Å². The molecule has 1 aromatic heterocycles. The molecular formula is C22H24FN3O3. The number of rotatable bonds is 4. The molecule has 0 bridgehead atoms. The number of amides is 1. The second-order valence-electron chi connectivity index (χ2n) is 8.02. The lowest BCUT2D eigenvalue weighted by atomic mass is 10.0. The highest BCUT2D eigenvalue weighted by atomic mass is 19.1. The predicted molar refractivity (Wildman–Crippen MR) is 105 cm³/mol. The van der Waals surface area contributed by atoms with Crippen LogP contribution in [-0.4, -0.2) is 34.7 Å². The van der Waals surface area contributed by atoms with Gasteiger partial charge in [-0.05, 0) is 45.4 Å². The van der Waals surface area contributed by atoms with Crippen molar-refractivity contribution in [3.8, 4) is 11.9 Å². The molecule has 1 unspecified atom stereocenters. The van der Waals surface area contributed by atoms with Crippen LogP contribution in [0.5, 0.6) is 5.88 Å². The molecule has 0 N–H and O–H groups in total. The third-order valence-electron chi connectivity index (χ3n) is 4.56. The molecule has 6 nitrogen and oxygen atoms in total. The van der Waals surface area contributed by atoms with Gasteiger partial charge in [0.25, 0.3) is 0 Å².